The number of benzene rings is 1. The molecule has 0 spiro atoms. The summed E-state index contributed by atoms with van der Waals surface area (Å²) in [7, 11) is 0. The fraction of sp³-hybridized carbons (Fsp3) is 0.0625. The van der Waals surface area contributed by atoms with Gasteiger partial charge in [-0.05, 0) is 25.1 Å². The second-order valence-electron chi connectivity index (χ2n) is 4.48. The number of rotatable bonds is 4. The Morgan fingerprint density at radius 1 is 1.23 bits per heavy atom. The quantitative estimate of drug-likeness (QED) is 0.672. The smallest absolute Gasteiger partial charge is 0.257 e. The van der Waals surface area contributed by atoms with Crippen molar-refractivity contribution < 1.29 is 4.79 Å². The lowest BCUT2D eigenvalue weighted by Gasteiger charge is -2.18. The van der Waals surface area contributed by atoms with E-state index < -0.39 is 0 Å². The second kappa shape index (κ2) is 6.64. The summed E-state index contributed by atoms with van der Waals surface area (Å²) in [6, 6.07) is 9.52. The van der Waals surface area contributed by atoms with Crippen LogP contribution in [0.1, 0.15) is 10.7 Å². The minimum Gasteiger partial charge on any atom is -0.269 e. The number of thiazole rings is 2. The number of carbonyl (C=O) groups is 1. The number of hydrogen-bond acceptors (Lipinski definition) is 5. The fourth-order valence-electron chi connectivity index (χ4n) is 1.89. The number of aryl methyl sites for hydroxylation is 1. The van der Waals surface area contributed by atoms with Crippen LogP contribution in [0, 0.1) is 6.92 Å². The molecule has 2 aromatic heterocycles. The lowest BCUT2D eigenvalue weighted by molar-refractivity contribution is -0.113. The molecule has 2 heterocycles. The summed E-state index contributed by atoms with van der Waals surface area (Å²) in [5, 5.41) is 5.28. The molecule has 110 valence electrons. The summed E-state index contributed by atoms with van der Waals surface area (Å²) >= 11 is 2.94. The van der Waals surface area contributed by atoms with Crippen molar-refractivity contribution in [3.63, 3.8) is 0 Å². The van der Waals surface area contributed by atoms with Gasteiger partial charge in [0.1, 0.15) is 5.01 Å². The van der Waals surface area contributed by atoms with Crippen molar-refractivity contribution >= 4 is 45.5 Å². The summed E-state index contributed by atoms with van der Waals surface area (Å²) < 4.78 is 0. The van der Waals surface area contributed by atoms with E-state index in [-0.39, 0.29) is 5.91 Å². The van der Waals surface area contributed by atoms with Gasteiger partial charge in [-0.1, -0.05) is 18.2 Å². The van der Waals surface area contributed by atoms with Crippen molar-refractivity contribution in [2.45, 2.75) is 6.92 Å². The van der Waals surface area contributed by atoms with Crippen LogP contribution in [-0.2, 0) is 4.79 Å². The van der Waals surface area contributed by atoms with E-state index in [2.05, 4.69) is 9.97 Å². The molecule has 0 radical (unpaired) electrons. The Morgan fingerprint density at radius 3 is 2.68 bits per heavy atom. The Hall–Kier alpha value is -2.31. The normalized spacial score (nSPS) is 11.0. The van der Waals surface area contributed by atoms with Gasteiger partial charge in [0.25, 0.3) is 5.91 Å². The van der Waals surface area contributed by atoms with Gasteiger partial charge in [-0.3, -0.25) is 9.69 Å². The molecule has 0 aliphatic heterocycles. The molecule has 0 saturated heterocycles. The summed E-state index contributed by atoms with van der Waals surface area (Å²) in [4.78, 5) is 22.8. The molecule has 0 fully saturated rings. The van der Waals surface area contributed by atoms with Gasteiger partial charge in [0, 0.05) is 23.0 Å². The maximum atomic E-state index is 12.6. The lowest BCUT2D eigenvalue weighted by atomic mass is 10.3. The molecule has 4 nitrogen and oxygen atoms in total. The van der Waals surface area contributed by atoms with Crippen molar-refractivity contribution in [3.8, 4) is 0 Å². The SMILES string of the molecule is Cc1csc(N(C(=O)/C=C\c2nccs2)c2ccccc2)n1. The number of para-hydroxylation sites is 1. The predicted molar refractivity (Wildman–Crippen MR) is 91.6 cm³/mol. The lowest BCUT2D eigenvalue weighted by Crippen LogP contribution is -2.23. The van der Waals surface area contributed by atoms with Gasteiger partial charge in [0.05, 0.1) is 11.4 Å². The molecule has 6 heteroatoms. The Labute approximate surface area is 136 Å². The number of amides is 1. The van der Waals surface area contributed by atoms with Crippen molar-refractivity contribution in [3.05, 3.63) is 64.1 Å². The minimum atomic E-state index is -0.143. The molecule has 0 bridgehead atoms. The van der Waals surface area contributed by atoms with E-state index in [0.29, 0.717) is 5.13 Å². The highest BCUT2D eigenvalue weighted by Crippen LogP contribution is 2.28. The summed E-state index contributed by atoms with van der Waals surface area (Å²) in [5.41, 5.74) is 1.70. The third kappa shape index (κ3) is 3.29. The van der Waals surface area contributed by atoms with Gasteiger partial charge in [0.15, 0.2) is 5.13 Å². The first-order chi connectivity index (χ1) is 10.7. The van der Waals surface area contributed by atoms with Crippen LogP contribution in [0.5, 0.6) is 0 Å². The second-order valence-corrected chi connectivity index (χ2v) is 6.25. The topological polar surface area (TPSA) is 46.1 Å². The predicted octanol–water partition coefficient (Wildman–Crippen LogP) is 4.29. The molecule has 0 aliphatic carbocycles. The number of hydrogen-bond donors (Lipinski definition) is 0. The highest BCUT2D eigenvalue weighted by Gasteiger charge is 2.18. The average Bonchev–Trinajstić information content (AvgIpc) is 3.18. The molecule has 1 aromatic carbocycles. The van der Waals surface area contributed by atoms with Crippen molar-refractivity contribution in [2.24, 2.45) is 0 Å². The minimum absolute atomic E-state index is 0.143. The molecule has 3 rings (SSSR count). The van der Waals surface area contributed by atoms with Gasteiger partial charge >= 0.3 is 0 Å². The molecule has 0 unspecified atom stereocenters. The highest BCUT2D eigenvalue weighted by atomic mass is 32.1. The van der Waals surface area contributed by atoms with Crippen molar-refractivity contribution in [1.29, 1.82) is 0 Å². The summed E-state index contributed by atoms with van der Waals surface area (Å²) in [6.45, 7) is 1.92. The van der Waals surface area contributed by atoms with E-state index in [1.54, 1.807) is 17.2 Å². The van der Waals surface area contributed by atoms with E-state index in [0.717, 1.165) is 16.4 Å². The molecule has 0 aliphatic rings. The average molecular weight is 327 g/mol. The van der Waals surface area contributed by atoms with Crippen LogP contribution in [0.25, 0.3) is 6.08 Å². The Morgan fingerprint density at radius 2 is 2.05 bits per heavy atom. The van der Waals surface area contributed by atoms with Gasteiger partial charge in [-0.2, -0.15) is 0 Å². The van der Waals surface area contributed by atoms with Gasteiger partial charge in [-0.15, -0.1) is 22.7 Å². The monoisotopic (exact) mass is 327 g/mol. The number of anilines is 2. The Bertz CT molecular complexity index is 779. The number of nitrogens with zero attached hydrogens (tertiary/aromatic N) is 3. The standard InChI is InChI=1S/C16H13N3OS2/c1-12-11-22-16(18-12)19(13-5-3-2-4-6-13)15(20)8-7-14-17-9-10-21-14/h2-11H,1H3/b8-7-. The van der Waals surface area contributed by atoms with E-state index in [4.69, 9.17) is 0 Å². The van der Waals surface area contributed by atoms with Crippen LogP contribution in [0.3, 0.4) is 0 Å². The summed E-state index contributed by atoms with van der Waals surface area (Å²) in [5.74, 6) is -0.143. The number of carbonyl (C=O) groups excluding carboxylic acids is 1. The molecular weight excluding hydrogens is 314 g/mol. The first kappa shape index (κ1) is 14.6. The van der Waals surface area contributed by atoms with Gasteiger partial charge in [0.2, 0.25) is 0 Å². The molecule has 0 atom stereocenters. The zero-order valence-electron chi connectivity index (χ0n) is 11.8. The van der Waals surface area contributed by atoms with Crippen LogP contribution >= 0.6 is 22.7 Å². The summed E-state index contributed by atoms with van der Waals surface area (Å²) in [6.07, 6.45) is 4.97. The van der Waals surface area contributed by atoms with Crippen LogP contribution in [-0.4, -0.2) is 15.9 Å². The van der Waals surface area contributed by atoms with E-state index >= 15 is 0 Å². The van der Waals surface area contributed by atoms with Crippen molar-refractivity contribution in [1.82, 2.24) is 9.97 Å². The van der Waals surface area contributed by atoms with Crippen LogP contribution < -0.4 is 4.90 Å². The highest BCUT2D eigenvalue weighted by molar-refractivity contribution is 7.14. The van der Waals surface area contributed by atoms with Crippen LogP contribution in [0.15, 0.2) is 53.4 Å². The molecule has 0 N–H and O–H groups in total. The molecule has 1 amide bonds. The van der Waals surface area contributed by atoms with E-state index in [1.165, 1.54) is 28.7 Å². The third-order valence-electron chi connectivity index (χ3n) is 2.85. The van der Waals surface area contributed by atoms with Crippen LogP contribution in [0.4, 0.5) is 10.8 Å². The largest absolute Gasteiger partial charge is 0.269 e. The van der Waals surface area contributed by atoms with Crippen molar-refractivity contribution in [2.75, 3.05) is 4.90 Å². The maximum absolute atomic E-state index is 12.6. The number of aromatic nitrogens is 2. The van der Waals surface area contributed by atoms with E-state index in [9.17, 15) is 4.79 Å². The molecule has 22 heavy (non-hydrogen) atoms. The molecular formula is C16H13N3OS2. The van der Waals surface area contributed by atoms with Crippen LogP contribution in [0.2, 0.25) is 0 Å². The zero-order chi connectivity index (χ0) is 15.4. The zero-order valence-corrected chi connectivity index (χ0v) is 13.5. The van der Waals surface area contributed by atoms with E-state index in [1.807, 2.05) is 48.0 Å². The first-order valence-corrected chi connectivity index (χ1v) is 8.39. The Kier molecular flexibility index (Phi) is 4.41. The maximum Gasteiger partial charge on any atom is 0.257 e. The molecule has 3 aromatic rings. The first-order valence-electron chi connectivity index (χ1n) is 6.63. The fourth-order valence-corrected chi connectivity index (χ4v) is 3.24. The van der Waals surface area contributed by atoms with Gasteiger partial charge < -0.3 is 0 Å². The van der Waals surface area contributed by atoms with Gasteiger partial charge in [-0.25, -0.2) is 9.97 Å². The third-order valence-corrected chi connectivity index (χ3v) is 4.54. The Balaban J connectivity index is 1.93. The molecule has 0 saturated carbocycles.